The Bertz CT molecular complexity index is 1170. The molecule has 4 rings (SSSR count). The Morgan fingerprint density at radius 1 is 1.14 bits per heavy atom. The van der Waals surface area contributed by atoms with Gasteiger partial charge in [0.25, 0.3) is 5.91 Å². The van der Waals surface area contributed by atoms with Gasteiger partial charge in [-0.1, -0.05) is 28.1 Å². The first-order chi connectivity index (χ1) is 13.9. The number of carbonyl (C=O) groups excluding carboxylic acids is 1. The number of rotatable bonds is 3. The van der Waals surface area contributed by atoms with Crippen molar-refractivity contribution in [3.8, 4) is 5.69 Å². The Morgan fingerprint density at radius 2 is 1.86 bits per heavy atom. The molecule has 1 aliphatic rings. The van der Waals surface area contributed by atoms with Gasteiger partial charge >= 0.3 is 0 Å². The van der Waals surface area contributed by atoms with Gasteiger partial charge in [-0.25, -0.2) is 9.38 Å². The van der Waals surface area contributed by atoms with E-state index in [0.29, 0.717) is 10.1 Å². The summed E-state index contributed by atoms with van der Waals surface area (Å²) in [7, 11) is 0. The van der Waals surface area contributed by atoms with Gasteiger partial charge < -0.3 is 9.88 Å². The fraction of sp³-hybridized carbons (Fsp3) is 0.0909. The predicted octanol–water partition coefficient (Wildman–Crippen LogP) is 5.89. The third kappa shape index (κ3) is 4.06. The van der Waals surface area contributed by atoms with E-state index in [1.807, 2.05) is 50.3 Å². The lowest BCUT2D eigenvalue weighted by atomic mass is 10.2. The van der Waals surface area contributed by atoms with Gasteiger partial charge in [0, 0.05) is 21.5 Å². The third-order valence-corrected chi connectivity index (χ3v) is 6.01. The topological polar surface area (TPSA) is 46.4 Å². The number of nitrogens with one attached hydrogen (secondary N) is 1. The van der Waals surface area contributed by atoms with Gasteiger partial charge in [0.05, 0.1) is 4.91 Å². The van der Waals surface area contributed by atoms with Crippen LogP contribution in [0.2, 0.25) is 0 Å². The number of aryl methyl sites for hydroxylation is 1. The highest BCUT2D eigenvalue weighted by Gasteiger charge is 2.25. The van der Waals surface area contributed by atoms with Crippen molar-refractivity contribution in [2.24, 2.45) is 4.99 Å². The van der Waals surface area contributed by atoms with Crippen LogP contribution < -0.4 is 5.32 Å². The number of hydrogen-bond donors (Lipinski definition) is 1. The summed E-state index contributed by atoms with van der Waals surface area (Å²) in [6, 6.07) is 16.3. The maximum Gasteiger partial charge on any atom is 0.264 e. The monoisotopic (exact) mass is 469 g/mol. The molecule has 0 aliphatic carbocycles. The first-order valence-electron chi connectivity index (χ1n) is 8.91. The lowest BCUT2D eigenvalue weighted by molar-refractivity contribution is -0.115. The number of aromatic nitrogens is 1. The average molecular weight is 470 g/mol. The van der Waals surface area contributed by atoms with Crippen LogP contribution in [0.3, 0.4) is 0 Å². The summed E-state index contributed by atoms with van der Waals surface area (Å²) in [5.74, 6) is -0.663. The van der Waals surface area contributed by atoms with E-state index in [0.717, 1.165) is 27.1 Å². The lowest BCUT2D eigenvalue weighted by Crippen LogP contribution is -2.19. The minimum Gasteiger partial charge on any atom is -0.318 e. The van der Waals surface area contributed by atoms with Gasteiger partial charge in [0.2, 0.25) is 0 Å². The van der Waals surface area contributed by atoms with E-state index in [-0.39, 0.29) is 11.6 Å². The maximum atomic E-state index is 13.8. The highest BCUT2D eigenvalue weighted by Crippen LogP contribution is 2.31. The Hall–Kier alpha value is -2.64. The van der Waals surface area contributed by atoms with Crippen molar-refractivity contribution in [1.29, 1.82) is 0 Å². The highest BCUT2D eigenvalue weighted by atomic mass is 79.9. The quantitative estimate of drug-likeness (QED) is 0.486. The molecule has 0 spiro atoms. The fourth-order valence-electron chi connectivity index (χ4n) is 3.19. The molecule has 0 bridgehead atoms. The number of hydrogen-bond acceptors (Lipinski definition) is 3. The maximum absolute atomic E-state index is 13.8. The summed E-state index contributed by atoms with van der Waals surface area (Å²) in [5, 5.41) is 3.07. The molecule has 29 heavy (non-hydrogen) atoms. The average Bonchev–Trinajstić information content (AvgIpc) is 3.17. The molecule has 0 atom stereocenters. The number of benzene rings is 2. The van der Waals surface area contributed by atoms with Crippen LogP contribution in [-0.2, 0) is 4.79 Å². The molecule has 1 aromatic heterocycles. The van der Waals surface area contributed by atoms with Crippen molar-refractivity contribution in [2.75, 3.05) is 0 Å². The van der Waals surface area contributed by atoms with Crippen molar-refractivity contribution in [3.63, 3.8) is 0 Å². The number of carbonyl (C=O) groups is 1. The second kappa shape index (κ2) is 8.00. The zero-order chi connectivity index (χ0) is 20.5. The standard InChI is InChI=1S/C22H17BrFN3OS/c1-13-11-15(14(2)27(13)17-9-7-16(23)8-10-17)12-20-21(28)26-22(29-20)25-19-6-4-3-5-18(19)24/h3-12H,1-2H3,(H,25,26,28)/b20-12-. The SMILES string of the molecule is Cc1cc(/C=C2\SC(=Nc3ccccc3F)NC2=O)c(C)n1-c1ccc(Br)cc1. The van der Waals surface area contributed by atoms with E-state index in [4.69, 9.17) is 0 Å². The van der Waals surface area contributed by atoms with Crippen LogP contribution in [0.25, 0.3) is 11.8 Å². The van der Waals surface area contributed by atoms with Crippen molar-refractivity contribution >= 4 is 50.5 Å². The predicted molar refractivity (Wildman–Crippen MR) is 120 cm³/mol. The minimum atomic E-state index is -0.426. The third-order valence-electron chi connectivity index (χ3n) is 4.57. The molecule has 146 valence electrons. The number of para-hydroxylation sites is 1. The van der Waals surface area contributed by atoms with E-state index < -0.39 is 5.82 Å². The van der Waals surface area contributed by atoms with E-state index in [1.165, 1.54) is 17.8 Å². The number of thioether (sulfide) groups is 1. The number of halogens is 2. The second-order valence-corrected chi connectivity index (χ2v) is 8.52. The molecule has 0 saturated carbocycles. The molecule has 1 aliphatic heterocycles. The van der Waals surface area contributed by atoms with Crippen molar-refractivity contribution in [3.05, 3.63) is 86.7 Å². The molecule has 0 radical (unpaired) electrons. The van der Waals surface area contributed by atoms with Crippen LogP contribution in [0.4, 0.5) is 10.1 Å². The van der Waals surface area contributed by atoms with Gasteiger partial charge in [-0.3, -0.25) is 4.79 Å². The van der Waals surface area contributed by atoms with Gasteiger partial charge in [0.1, 0.15) is 11.5 Å². The van der Waals surface area contributed by atoms with Crippen LogP contribution in [0.5, 0.6) is 0 Å². The van der Waals surface area contributed by atoms with Gasteiger partial charge in [-0.05, 0) is 79.7 Å². The zero-order valence-electron chi connectivity index (χ0n) is 15.7. The van der Waals surface area contributed by atoms with Gasteiger partial charge in [-0.15, -0.1) is 0 Å². The van der Waals surface area contributed by atoms with E-state index in [1.54, 1.807) is 18.2 Å². The van der Waals surface area contributed by atoms with Crippen LogP contribution in [0, 0.1) is 19.7 Å². The fourth-order valence-corrected chi connectivity index (χ4v) is 4.28. The molecule has 1 saturated heterocycles. The second-order valence-electron chi connectivity index (χ2n) is 6.57. The Morgan fingerprint density at radius 3 is 2.59 bits per heavy atom. The molecule has 1 fully saturated rings. The number of amides is 1. The van der Waals surface area contributed by atoms with Crippen LogP contribution in [0.15, 0.2) is 69.0 Å². The normalized spacial score (nSPS) is 16.6. The smallest absolute Gasteiger partial charge is 0.264 e. The molecule has 2 heterocycles. The molecule has 4 nitrogen and oxygen atoms in total. The number of amidine groups is 1. The summed E-state index contributed by atoms with van der Waals surface area (Å²) in [4.78, 5) is 17.1. The van der Waals surface area contributed by atoms with E-state index in [2.05, 4.69) is 30.8 Å². The molecular formula is C22H17BrFN3OS. The summed E-state index contributed by atoms with van der Waals surface area (Å²) >= 11 is 4.67. The van der Waals surface area contributed by atoms with E-state index >= 15 is 0 Å². The molecule has 3 aromatic rings. The van der Waals surface area contributed by atoms with Gasteiger partial charge in [0.15, 0.2) is 5.17 Å². The summed E-state index contributed by atoms with van der Waals surface area (Å²) in [6.45, 7) is 4.05. The Kier molecular flexibility index (Phi) is 5.43. The van der Waals surface area contributed by atoms with Crippen molar-refractivity contribution < 1.29 is 9.18 Å². The molecule has 0 unspecified atom stereocenters. The Labute approximate surface area is 180 Å². The van der Waals surface area contributed by atoms with Crippen LogP contribution in [-0.4, -0.2) is 15.6 Å². The van der Waals surface area contributed by atoms with E-state index in [9.17, 15) is 9.18 Å². The summed E-state index contributed by atoms with van der Waals surface area (Å²) in [6.07, 6.45) is 1.85. The largest absolute Gasteiger partial charge is 0.318 e. The zero-order valence-corrected chi connectivity index (χ0v) is 18.1. The summed E-state index contributed by atoms with van der Waals surface area (Å²) < 4.78 is 17.0. The first-order valence-corrected chi connectivity index (χ1v) is 10.5. The number of aliphatic imine (C=N–C) groups is 1. The molecule has 2 aromatic carbocycles. The summed E-state index contributed by atoms with van der Waals surface area (Å²) in [5.41, 5.74) is 4.31. The van der Waals surface area contributed by atoms with Crippen molar-refractivity contribution in [1.82, 2.24) is 9.88 Å². The molecule has 7 heteroatoms. The van der Waals surface area contributed by atoms with Crippen LogP contribution in [0.1, 0.15) is 17.0 Å². The Balaban J connectivity index is 1.65. The molecule has 1 amide bonds. The molecule has 1 N–H and O–H groups in total. The van der Waals surface area contributed by atoms with Crippen LogP contribution >= 0.6 is 27.7 Å². The number of nitrogens with zero attached hydrogens (tertiary/aromatic N) is 2. The first kappa shape index (κ1) is 19.7. The minimum absolute atomic E-state index is 0.199. The lowest BCUT2D eigenvalue weighted by Gasteiger charge is -2.09. The highest BCUT2D eigenvalue weighted by molar-refractivity contribution is 9.10. The van der Waals surface area contributed by atoms with Crippen molar-refractivity contribution in [2.45, 2.75) is 13.8 Å². The van der Waals surface area contributed by atoms with Gasteiger partial charge in [-0.2, -0.15) is 0 Å². The molecular weight excluding hydrogens is 453 g/mol.